The highest BCUT2D eigenvalue weighted by molar-refractivity contribution is 7.10. The van der Waals surface area contributed by atoms with Gasteiger partial charge in [-0.25, -0.2) is 4.98 Å². The molecule has 22 heavy (non-hydrogen) atoms. The summed E-state index contributed by atoms with van der Waals surface area (Å²) in [6, 6.07) is 4.55. The van der Waals surface area contributed by atoms with Gasteiger partial charge in [0.2, 0.25) is 5.88 Å². The van der Waals surface area contributed by atoms with Gasteiger partial charge < -0.3 is 4.74 Å². The molecule has 4 aliphatic heterocycles. The SMILES string of the molecule is Cc1cc(-c2cnc3c(c2)CC2(CN4CCC2CC4)O3)cs1. The minimum absolute atomic E-state index is 0.00895. The topological polar surface area (TPSA) is 25.4 Å². The Morgan fingerprint density at radius 3 is 2.82 bits per heavy atom. The van der Waals surface area contributed by atoms with Gasteiger partial charge in [0.05, 0.1) is 0 Å². The first kappa shape index (κ1) is 13.1. The Hall–Kier alpha value is -1.39. The van der Waals surface area contributed by atoms with Crippen molar-refractivity contribution in [2.45, 2.75) is 31.8 Å². The lowest BCUT2D eigenvalue weighted by molar-refractivity contribution is -0.0814. The molecule has 3 nitrogen and oxygen atoms in total. The van der Waals surface area contributed by atoms with Gasteiger partial charge in [0.15, 0.2) is 0 Å². The van der Waals surface area contributed by atoms with E-state index in [1.165, 1.54) is 47.5 Å². The van der Waals surface area contributed by atoms with Crippen LogP contribution in [-0.4, -0.2) is 35.1 Å². The maximum Gasteiger partial charge on any atom is 0.217 e. The lowest BCUT2D eigenvalue weighted by Gasteiger charge is -2.50. The highest BCUT2D eigenvalue weighted by Gasteiger charge is 2.52. The zero-order chi connectivity index (χ0) is 14.7. The van der Waals surface area contributed by atoms with Gasteiger partial charge in [0.1, 0.15) is 5.60 Å². The summed E-state index contributed by atoms with van der Waals surface area (Å²) in [5.41, 5.74) is 3.82. The zero-order valence-electron chi connectivity index (χ0n) is 12.8. The molecule has 6 heterocycles. The number of hydrogen-bond acceptors (Lipinski definition) is 4. The van der Waals surface area contributed by atoms with Gasteiger partial charge in [-0.1, -0.05) is 0 Å². The normalized spacial score (nSPS) is 32.2. The molecule has 1 unspecified atom stereocenters. The van der Waals surface area contributed by atoms with Gasteiger partial charge in [-0.3, -0.25) is 4.90 Å². The molecule has 1 atom stereocenters. The second kappa shape index (κ2) is 4.56. The number of aryl methyl sites for hydroxylation is 1. The monoisotopic (exact) mass is 312 g/mol. The average Bonchev–Trinajstić information content (AvgIpc) is 3.11. The summed E-state index contributed by atoms with van der Waals surface area (Å²) in [7, 11) is 0. The quantitative estimate of drug-likeness (QED) is 0.805. The second-order valence-corrected chi connectivity index (χ2v) is 8.14. The molecule has 2 aromatic rings. The van der Waals surface area contributed by atoms with E-state index in [1.807, 2.05) is 6.20 Å². The van der Waals surface area contributed by atoms with Crippen molar-refractivity contribution in [2.75, 3.05) is 19.6 Å². The molecule has 0 saturated carbocycles. The minimum atomic E-state index is 0.00895. The number of fused-ring (bicyclic) bond motifs is 3. The number of hydrogen-bond donors (Lipinski definition) is 0. The Bertz CT molecular complexity index is 732. The summed E-state index contributed by atoms with van der Waals surface area (Å²) in [5.74, 6) is 1.59. The van der Waals surface area contributed by atoms with E-state index in [0.717, 1.165) is 18.8 Å². The van der Waals surface area contributed by atoms with E-state index in [-0.39, 0.29) is 5.60 Å². The summed E-state index contributed by atoms with van der Waals surface area (Å²) in [6.07, 6.45) is 5.57. The van der Waals surface area contributed by atoms with Gasteiger partial charge in [0.25, 0.3) is 0 Å². The molecule has 1 spiro atoms. The molecule has 4 heteroatoms. The highest BCUT2D eigenvalue weighted by Crippen LogP contribution is 2.46. The van der Waals surface area contributed by atoms with Crippen LogP contribution >= 0.6 is 11.3 Å². The third kappa shape index (κ3) is 1.87. The molecule has 2 bridgehead atoms. The number of piperidine rings is 3. The van der Waals surface area contributed by atoms with Crippen LogP contribution in [0.2, 0.25) is 0 Å². The molecular weight excluding hydrogens is 292 g/mol. The number of nitrogens with zero attached hydrogens (tertiary/aromatic N) is 2. The number of pyridine rings is 1. The summed E-state index contributed by atoms with van der Waals surface area (Å²) in [5, 5.41) is 2.22. The highest BCUT2D eigenvalue weighted by atomic mass is 32.1. The van der Waals surface area contributed by atoms with E-state index < -0.39 is 0 Å². The molecule has 0 N–H and O–H groups in total. The predicted molar refractivity (Wildman–Crippen MR) is 88.5 cm³/mol. The molecular formula is C18H20N2OS. The van der Waals surface area contributed by atoms with E-state index in [0.29, 0.717) is 5.92 Å². The zero-order valence-corrected chi connectivity index (χ0v) is 13.7. The molecule has 0 aliphatic carbocycles. The van der Waals surface area contributed by atoms with Gasteiger partial charge >= 0.3 is 0 Å². The van der Waals surface area contributed by atoms with Crippen LogP contribution in [0, 0.1) is 12.8 Å². The fraction of sp³-hybridized carbons (Fsp3) is 0.500. The van der Waals surface area contributed by atoms with Crippen LogP contribution < -0.4 is 4.74 Å². The molecule has 0 amide bonds. The van der Waals surface area contributed by atoms with Gasteiger partial charge in [-0.05, 0) is 55.9 Å². The molecule has 3 fully saturated rings. The van der Waals surface area contributed by atoms with Crippen molar-refractivity contribution in [3.05, 3.63) is 34.2 Å². The first-order valence-corrected chi connectivity index (χ1v) is 9.06. The average molecular weight is 312 g/mol. The Morgan fingerprint density at radius 2 is 2.14 bits per heavy atom. The molecule has 2 aromatic heterocycles. The lowest BCUT2D eigenvalue weighted by Crippen LogP contribution is -2.61. The van der Waals surface area contributed by atoms with Crippen molar-refractivity contribution in [3.63, 3.8) is 0 Å². The first-order chi connectivity index (χ1) is 10.7. The molecule has 6 rings (SSSR count). The Balaban J connectivity index is 1.49. The van der Waals surface area contributed by atoms with Crippen LogP contribution in [0.25, 0.3) is 11.1 Å². The van der Waals surface area contributed by atoms with Crippen molar-refractivity contribution < 1.29 is 4.74 Å². The summed E-state index contributed by atoms with van der Waals surface area (Å²) in [6.45, 7) is 5.74. The first-order valence-electron chi connectivity index (χ1n) is 8.18. The number of thiophene rings is 1. The van der Waals surface area contributed by atoms with Crippen LogP contribution in [0.1, 0.15) is 23.3 Å². The number of aromatic nitrogens is 1. The maximum absolute atomic E-state index is 6.42. The smallest absolute Gasteiger partial charge is 0.217 e. The van der Waals surface area contributed by atoms with Crippen LogP contribution in [0.15, 0.2) is 23.7 Å². The summed E-state index contributed by atoms with van der Waals surface area (Å²) < 4.78 is 6.42. The Labute approximate surface area is 134 Å². The Morgan fingerprint density at radius 1 is 1.27 bits per heavy atom. The lowest BCUT2D eigenvalue weighted by atomic mass is 9.73. The van der Waals surface area contributed by atoms with E-state index in [1.54, 1.807) is 11.3 Å². The molecule has 0 aromatic carbocycles. The largest absolute Gasteiger partial charge is 0.469 e. The molecule has 4 aliphatic rings. The summed E-state index contributed by atoms with van der Waals surface area (Å²) in [4.78, 5) is 8.55. The third-order valence-corrected chi connectivity index (χ3v) is 6.46. The minimum Gasteiger partial charge on any atom is -0.469 e. The van der Waals surface area contributed by atoms with Gasteiger partial charge in [-0.15, -0.1) is 11.3 Å². The van der Waals surface area contributed by atoms with Crippen LogP contribution in [0.4, 0.5) is 0 Å². The van der Waals surface area contributed by atoms with E-state index >= 15 is 0 Å². The van der Waals surface area contributed by atoms with Crippen LogP contribution in [-0.2, 0) is 6.42 Å². The van der Waals surface area contributed by atoms with Gasteiger partial charge in [-0.2, -0.15) is 0 Å². The van der Waals surface area contributed by atoms with Gasteiger partial charge in [0, 0.05) is 41.1 Å². The third-order valence-electron chi connectivity index (χ3n) is 5.60. The standard InChI is InChI=1S/C18H20N2OS/c1-12-6-15(10-22-12)14-7-13-8-18(21-17(13)19-9-14)11-20-4-2-16(18)3-5-20/h6-7,9-10,16H,2-5,8,11H2,1H3. The van der Waals surface area contributed by atoms with E-state index in [9.17, 15) is 0 Å². The number of rotatable bonds is 1. The maximum atomic E-state index is 6.42. The summed E-state index contributed by atoms with van der Waals surface area (Å²) >= 11 is 1.80. The fourth-order valence-electron chi connectivity index (χ4n) is 4.46. The van der Waals surface area contributed by atoms with Crippen molar-refractivity contribution in [1.82, 2.24) is 9.88 Å². The fourth-order valence-corrected chi connectivity index (χ4v) is 5.17. The molecule has 3 saturated heterocycles. The van der Waals surface area contributed by atoms with Crippen molar-refractivity contribution in [3.8, 4) is 17.0 Å². The second-order valence-electron chi connectivity index (χ2n) is 7.03. The predicted octanol–water partition coefficient (Wildman–Crippen LogP) is 3.52. The molecule has 114 valence electrons. The van der Waals surface area contributed by atoms with E-state index in [4.69, 9.17) is 4.74 Å². The van der Waals surface area contributed by atoms with E-state index in [2.05, 4.69) is 34.3 Å². The van der Waals surface area contributed by atoms with Crippen LogP contribution in [0.5, 0.6) is 5.88 Å². The van der Waals surface area contributed by atoms with Crippen molar-refractivity contribution in [2.24, 2.45) is 5.92 Å². The Kier molecular flexibility index (Phi) is 2.71. The van der Waals surface area contributed by atoms with Crippen molar-refractivity contribution in [1.29, 1.82) is 0 Å². The van der Waals surface area contributed by atoms with Crippen molar-refractivity contribution >= 4 is 11.3 Å². The van der Waals surface area contributed by atoms with Crippen LogP contribution in [0.3, 0.4) is 0 Å². The molecule has 0 radical (unpaired) electrons. The number of ether oxygens (including phenoxy) is 1.